The van der Waals surface area contributed by atoms with Gasteiger partial charge < -0.3 is 10.6 Å². The molecule has 1 saturated heterocycles. The number of pyridine rings is 2. The van der Waals surface area contributed by atoms with Gasteiger partial charge in [0.05, 0.1) is 23.5 Å². The normalized spacial score (nSPS) is 21.0. The number of aromatic amines is 1. The number of nitrogens with one attached hydrogen (secondary N) is 2. The van der Waals surface area contributed by atoms with Gasteiger partial charge in [-0.25, -0.2) is 9.97 Å². The first kappa shape index (κ1) is 17.7. The molecule has 0 bridgehead atoms. The molecule has 1 fully saturated rings. The molecule has 27 heavy (non-hydrogen) atoms. The van der Waals surface area contributed by atoms with Crippen molar-refractivity contribution in [3.05, 3.63) is 36.0 Å². The molecule has 0 spiro atoms. The number of fused-ring (bicyclic) bond motifs is 1. The summed E-state index contributed by atoms with van der Waals surface area (Å²) in [5.41, 5.74) is 4.98. The molecule has 4 rings (SSSR count). The Balaban J connectivity index is 1.85. The van der Waals surface area contributed by atoms with Gasteiger partial charge in [-0.1, -0.05) is 0 Å². The van der Waals surface area contributed by atoms with Crippen molar-refractivity contribution in [3.63, 3.8) is 0 Å². The van der Waals surface area contributed by atoms with Crippen molar-refractivity contribution in [1.29, 1.82) is 0 Å². The van der Waals surface area contributed by atoms with E-state index >= 15 is 0 Å². The minimum absolute atomic E-state index is 0.193. The maximum Gasteiger partial charge on any atom is 0.418 e. The molecule has 0 aromatic carbocycles. The lowest BCUT2D eigenvalue weighted by atomic mass is 10.1. The number of nitrogens with two attached hydrogens (primary N) is 1. The van der Waals surface area contributed by atoms with Crippen molar-refractivity contribution in [1.82, 2.24) is 25.5 Å². The van der Waals surface area contributed by atoms with Gasteiger partial charge in [0, 0.05) is 24.7 Å². The Morgan fingerprint density at radius 2 is 2.07 bits per heavy atom. The molecular weight excluding hydrogens is 359 g/mol. The monoisotopic (exact) mass is 377 g/mol. The highest BCUT2D eigenvalue weighted by Gasteiger charge is 2.36. The Morgan fingerprint density at radius 1 is 1.26 bits per heavy atom. The number of aromatic nitrogens is 4. The summed E-state index contributed by atoms with van der Waals surface area (Å²) >= 11 is 0. The number of alkyl halides is 3. The van der Waals surface area contributed by atoms with E-state index in [0.717, 1.165) is 6.07 Å². The number of hydrogen-bond donors (Lipinski definition) is 3. The highest BCUT2D eigenvalue weighted by molar-refractivity contribution is 5.90. The lowest BCUT2D eigenvalue weighted by Crippen LogP contribution is -2.64. The molecule has 0 aliphatic carbocycles. The molecule has 10 heteroatoms. The molecule has 3 aromatic rings. The predicted octanol–water partition coefficient (Wildman–Crippen LogP) is 2.12. The highest BCUT2D eigenvalue weighted by atomic mass is 19.4. The van der Waals surface area contributed by atoms with Crippen LogP contribution in [0.15, 0.2) is 30.5 Å². The fourth-order valence-electron chi connectivity index (χ4n) is 3.28. The minimum atomic E-state index is -4.55. The van der Waals surface area contributed by atoms with Gasteiger partial charge >= 0.3 is 6.18 Å². The Bertz CT molecular complexity index is 980. The van der Waals surface area contributed by atoms with Gasteiger partial charge in [0.25, 0.3) is 0 Å². The molecule has 0 amide bonds. The molecule has 1 aliphatic rings. The van der Waals surface area contributed by atoms with Crippen molar-refractivity contribution in [2.75, 3.05) is 24.5 Å². The van der Waals surface area contributed by atoms with Crippen molar-refractivity contribution in [3.8, 4) is 11.4 Å². The number of H-pyrrole nitrogens is 1. The number of halogens is 3. The molecule has 142 valence electrons. The van der Waals surface area contributed by atoms with Gasteiger partial charge in [-0.2, -0.15) is 18.3 Å². The Morgan fingerprint density at radius 3 is 2.81 bits per heavy atom. The first-order chi connectivity index (χ1) is 12.7. The van der Waals surface area contributed by atoms with Gasteiger partial charge in [0.15, 0.2) is 5.65 Å². The van der Waals surface area contributed by atoms with Crippen LogP contribution in [0.2, 0.25) is 0 Å². The van der Waals surface area contributed by atoms with E-state index in [1.54, 1.807) is 12.1 Å². The third-order valence-electron chi connectivity index (χ3n) is 4.51. The van der Waals surface area contributed by atoms with Gasteiger partial charge in [0.2, 0.25) is 0 Å². The largest absolute Gasteiger partial charge is 0.418 e. The number of rotatable bonds is 2. The summed E-state index contributed by atoms with van der Waals surface area (Å²) in [6, 6.07) is 5.74. The summed E-state index contributed by atoms with van der Waals surface area (Å²) in [4.78, 5) is 10.3. The average Bonchev–Trinajstić information content (AvgIpc) is 3.03. The fourth-order valence-corrected chi connectivity index (χ4v) is 3.28. The van der Waals surface area contributed by atoms with E-state index < -0.39 is 17.4 Å². The van der Waals surface area contributed by atoms with Crippen LogP contribution in [0.25, 0.3) is 22.4 Å². The van der Waals surface area contributed by atoms with Crippen LogP contribution in [0.4, 0.5) is 19.0 Å². The Hall–Kier alpha value is -2.72. The van der Waals surface area contributed by atoms with Crippen molar-refractivity contribution in [2.45, 2.75) is 18.8 Å². The topological polar surface area (TPSA) is 95.8 Å². The maximum absolute atomic E-state index is 13.6. The molecule has 1 atom stereocenters. The third kappa shape index (κ3) is 3.33. The van der Waals surface area contributed by atoms with E-state index in [9.17, 15) is 13.2 Å². The Kier molecular flexibility index (Phi) is 4.04. The first-order valence-corrected chi connectivity index (χ1v) is 8.41. The smallest absolute Gasteiger partial charge is 0.352 e. The molecular formula is C17H18F3N7. The lowest BCUT2D eigenvalue weighted by Gasteiger charge is -2.39. The number of hydrogen-bond acceptors (Lipinski definition) is 6. The number of anilines is 1. The van der Waals surface area contributed by atoms with Crippen LogP contribution < -0.4 is 16.0 Å². The van der Waals surface area contributed by atoms with E-state index in [2.05, 4.69) is 25.5 Å². The summed E-state index contributed by atoms with van der Waals surface area (Å²) in [7, 11) is 0. The third-order valence-corrected chi connectivity index (χ3v) is 4.51. The quantitative estimate of drug-likeness (QED) is 0.633. The molecule has 0 saturated carbocycles. The summed E-state index contributed by atoms with van der Waals surface area (Å²) in [5.74, 6) is 0.433. The van der Waals surface area contributed by atoms with E-state index in [1.807, 2.05) is 11.8 Å². The standard InChI is InChI=1S/C17H18F3N7/c1-16(21)9-27(8-7-23-16)12-5-4-11(17(18,19)20)14(24-12)13-10-3-2-6-22-15(10)26-25-13/h2-6,23H,7-9,21H2,1H3,(H,22,25,26). The molecule has 3 aromatic heterocycles. The molecule has 7 nitrogen and oxygen atoms in total. The van der Waals surface area contributed by atoms with Crippen LogP contribution in [0.5, 0.6) is 0 Å². The van der Waals surface area contributed by atoms with E-state index in [1.165, 1.54) is 12.3 Å². The van der Waals surface area contributed by atoms with Gasteiger partial charge in [0.1, 0.15) is 11.5 Å². The van der Waals surface area contributed by atoms with Crippen LogP contribution in [0, 0.1) is 0 Å². The van der Waals surface area contributed by atoms with Crippen molar-refractivity contribution in [2.24, 2.45) is 5.73 Å². The van der Waals surface area contributed by atoms with Crippen LogP contribution in [-0.4, -0.2) is 45.5 Å². The predicted molar refractivity (Wildman–Crippen MR) is 94.9 cm³/mol. The zero-order valence-corrected chi connectivity index (χ0v) is 14.5. The molecule has 1 aliphatic heterocycles. The second kappa shape index (κ2) is 6.17. The van der Waals surface area contributed by atoms with E-state index in [0.29, 0.717) is 36.5 Å². The van der Waals surface area contributed by atoms with Crippen LogP contribution >= 0.6 is 0 Å². The maximum atomic E-state index is 13.6. The summed E-state index contributed by atoms with van der Waals surface area (Å²) in [6.07, 6.45) is -3.02. The van der Waals surface area contributed by atoms with Gasteiger partial charge in [-0.05, 0) is 31.2 Å². The van der Waals surface area contributed by atoms with E-state index in [4.69, 9.17) is 5.73 Å². The van der Waals surface area contributed by atoms with Crippen LogP contribution in [0.3, 0.4) is 0 Å². The second-order valence-electron chi connectivity index (χ2n) is 6.80. The van der Waals surface area contributed by atoms with Crippen LogP contribution in [0.1, 0.15) is 12.5 Å². The SMILES string of the molecule is CC1(N)CN(c2ccc(C(F)(F)F)c(-c3[nH]nc4ncccc34)n2)CCN1. The van der Waals surface area contributed by atoms with Crippen molar-refractivity contribution < 1.29 is 13.2 Å². The zero-order chi connectivity index (χ0) is 19.2. The fraction of sp³-hybridized carbons (Fsp3) is 0.353. The molecule has 1 unspecified atom stereocenters. The summed E-state index contributed by atoms with van der Waals surface area (Å²) < 4.78 is 40.8. The Labute approximate surface area is 152 Å². The molecule has 4 heterocycles. The zero-order valence-electron chi connectivity index (χ0n) is 14.5. The number of nitrogens with zero attached hydrogens (tertiary/aromatic N) is 4. The van der Waals surface area contributed by atoms with Gasteiger partial charge in [-0.15, -0.1) is 0 Å². The van der Waals surface area contributed by atoms with Gasteiger partial charge in [-0.3, -0.25) is 10.4 Å². The summed E-state index contributed by atoms with van der Waals surface area (Å²) in [6.45, 7) is 3.46. The first-order valence-electron chi connectivity index (χ1n) is 8.41. The van der Waals surface area contributed by atoms with Crippen LogP contribution in [-0.2, 0) is 6.18 Å². The van der Waals surface area contributed by atoms with Crippen molar-refractivity contribution >= 4 is 16.9 Å². The van der Waals surface area contributed by atoms with E-state index in [-0.39, 0.29) is 11.4 Å². The molecule has 0 radical (unpaired) electrons. The average molecular weight is 377 g/mol. The number of piperazine rings is 1. The second-order valence-corrected chi connectivity index (χ2v) is 6.80. The summed E-state index contributed by atoms with van der Waals surface area (Å²) in [5, 5.41) is 10.3. The minimum Gasteiger partial charge on any atom is -0.352 e. The lowest BCUT2D eigenvalue weighted by molar-refractivity contribution is -0.137. The molecule has 4 N–H and O–H groups in total. The highest BCUT2D eigenvalue weighted by Crippen LogP contribution is 2.38.